The van der Waals surface area contributed by atoms with Crippen LogP contribution in [0.4, 0.5) is 5.69 Å². The first kappa shape index (κ1) is 15.4. The molecule has 0 saturated heterocycles. The van der Waals surface area contributed by atoms with Crippen LogP contribution in [0.15, 0.2) is 53.0 Å². The molecule has 2 rings (SSSR count). The summed E-state index contributed by atoms with van der Waals surface area (Å²) in [7, 11) is 1.64. The summed E-state index contributed by atoms with van der Waals surface area (Å²) in [6.07, 6.45) is 0.615. The number of benzene rings is 2. The van der Waals surface area contributed by atoms with E-state index in [0.717, 1.165) is 21.5 Å². The fourth-order valence-corrected chi connectivity index (χ4v) is 2.38. The summed E-state index contributed by atoms with van der Waals surface area (Å²) in [6.45, 7) is 1.90. The van der Waals surface area contributed by atoms with Crippen LogP contribution in [0, 0.1) is 11.3 Å². The van der Waals surface area contributed by atoms with Gasteiger partial charge in [-0.1, -0.05) is 28.1 Å². The minimum absolute atomic E-state index is 0.615. The van der Waals surface area contributed by atoms with Crippen LogP contribution >= 0.6 is 15.9 Å². The zero-order chi connectivity index (χ0) is 15.3. The normalized spacial score (nSPS) is 13.0. The summed E-state index contributed by atoms with van der Waals surface area (Å²) in [6, 6.07) is 18.0. The van der Waals surface area contributed by atoms with Gasteiger partial charge in [0.2, 0.25) is 0 Å². The molecular weight excluding hydrogens is 328 g/mol. The van der Waals surface area contributed by atoms with Crippen molar-refractivity contribution in [2.24, 2.45) is 0 Å². The summed E-state index contributed by atoms with van der Waals surface area (Å²) in [5.74, 6) is 0.818. The van der Waals surface area contributed by atoms with Crippen LogP contribution in [0.5, 0.6) is 5.75 Å². The van der Waals surface area contributed by atoms with Gasteiger partial charge in [0, 0.05) is 16.6 Å². The van der Waals surface area contributed by atoms with Crippen molar-refractivity contribution in [3.63, 3.8) is 0 Å². The number of hydrogen-bond acceptors (Lipinski definition) is 3. The van der Waals surface area contributed by atoms with Crippen molar-refractivity contribution in [2.45, 2.75) is 18.9 Å². The van der Waals surface area contributed by atoms with Gasteiger partial charge in [0.05, 0.1) is 13.2 Å². The van der Waals surface area contributed by atoms with Gasteiger partial charge in [-0.25, -0.2) is 0 Å². The lowest BCUT2D eigenvalue weighted by Crippen LogP contribution is -2.35. The molecule has 0 bridgehead atoms. The van der Waals surface area contributed by atoms with E-state index in [4.69, 9.17) is 4.74 Å². The van der Waals surface area contributed by atoms with E-state index in [9.17, 15) is 5.26 Å². The molecule has 21 heavy (non-hydrogen) atoms. The highest BCUT2D eigenvalue weighted by Crippen LogP contribution is 2.22. The molecule has 0 heterocycles. The molecule has 3 nitrogen and oxygen atoms in total. The third-order valence-corrected chi connectivity index (χ3v) is 3.76. The number of anilines is 1. The Morgan fingerprint density at radius 1 is 1.14 bits per heavy atom. The van der Waals surface area contributed by atoms with Crippen molar-refractivity contribution in [3.8, 4) is 11.8 Å². The predicted octanol–water partition coefficient (Wildman–Crippen LogP) is 4.39. The fraction of sp³-hybridized carbons (Fsp3) is 0.235. The Morgan fingerprint density at radius 2 is 1.76 bits per heavy atom. The van der Waals surface area contributed by atoms with Crippen molar-refractivity contribution in [1.29, 1.82) is 5.26 Å². The predicted molar refractivity (Wildman–Crippen MR) is 88.5 cm³/mol. The molecule has 0 amide bonds. The van der Waals surface area contributed by atoms with E-state index >= 15 is 0 Å². The first-order chi connectivity index (χ1) is 10.0. The van der Waals surface area contributed by atoms with Crippen molar-refractivity contribution in [2.75, 3.05) is 12.4 Å². The Balaban J connectivity index is 2.13. The molecule has 0 spiro atoms. The number of hydrogen-bond donors (Lipinski definition) is 1. The molecule has 0 fully saturated rings. The van der Waals surface area contributed by atoms with Crippen LogP contribution in [0.1, 0.15) is 12.5 Å². The van der Waals surface area contributed by atoms with Gasteiger partial charge >= 0.3 is 0 Å². The molecule has 0 aliphatic carbocycles. The SMILES string of the molecule is COc1ccc(CC(C)(C#N)Nc2ccc(Br)cc2)cc1. The summed E-state index contributed by atoms with van der Waals surface area (Å²) >= 11 is 3.40. The quantitative estimate of drug-likeness (QED) is 0.874. The lowest BCUT2D eigenvalue weighted by molar-refractivity contribution is 0.414. The van der Waals surface area contributed by atoms with E-state index in [1.807, 2.05) is 55.5 Å². The maximum Gasteiger partial charge on any atom is 0.126 e. The minimum Gasteiger partial charge on any atom is -0.497 e. The molecule has 2 aromatic rings. The molecule has 0 aromatic heterocycles. The van der Waals surface area contributed by atoms with Gasteiger partial charge in [0.1, 0.15) is 11.3 Å². The number of ether oxygens (including phenoxy) is 1. The summed E-state index contributed by atoms with van der Waals surface area (Å²) in [4.78, 5) is 0. The van der Waals surface area contributed by atoms with E-state index in [2.05, 4.69) is 27.3 Å². The number of methoxy groups -OCH3 is 1. The summed E-state index contributed by atoms with van der Waals surface area (Å²) < 4.78 is 6.16. The third kappa shape index (κ3) is 4.24. The van der Waals surface area contributed by atoms with Gasteiger partial charge in [0.15, 0.2) is 0 Å². The lowest BCUT2D eigenvalue weighted by atomic mass is 9.94. The standard InChI is InChI=1S/C17H17BrN2O/c1-17(12-19,20-15-7-5-14(18)6-8-15)11-13-3-9-16(21-2)10-4-13/h3-10,20H,11H2,1-2H3. The summed E-state index contributed by atoms with van der Waals surface area (Å²) in [5, 5.41) is 12.8. The molecule has 4 heteroatoms. The minimum atomic E-state index is -0.664. The van der Waals surface area contributed by atoms with Crippen LogP contribution in [0.2, 0.25) is 0 Å². The molecule has 0 aliphatic rings. The Hall–Kier alpha value is -1.99. The smallest absolute Gasteiger partial charge is 0.126 e. The molecule has 108 valence electrons. The molecule has 1 unspecified atom stereocenters. The second-order valence-corrected chi connectivity index (χ2v) is 6.02. The van der Waals surface area contributed by atoms with Crippen molar-refractivity contribution in [3.05, 3.63) is 58.6 Å². The van der Waals surface area contributed by atoms with Gasteiger partial charge in [-0.2, -0.15) is 5.26 Å². The first-order valence-electron chi connectivity index (χ1n) is 6.62. The van der Waals surface area contributed by atoms with Gasteiger partial charge in [-0.3, -0.25) is 0 Å². The molecule has 1 N–H and O–H groups in total. The maximum atomic E-state index is 9.52. The van der Waals surface area contributed by atoms with Crippen LogP contribution in [0.3, 0.4) is 0 Å². The Morgan fingerprint density at radius 3 is 2.29 bits per heavy atom. The van der Waals surface area contributed by atoms with Gasteiger partial charge in [-0.15, -0.1) is 0 Å². The Kier molecular flexibility index (Phi) is 4.87. The number of rotatable bonds is 5. The van der Waals surface area contributed by atoms with Crippen molar-refractivity contribution < 1.29 is 4.74 Å². The highest BCUT2D eigenvalue weighted by Gasteiger charge is 2.24. The number of halogens is 1. The van der Waals surface area contributed by atoms with Gasteiger partial charge in [-0.05, 0) is 48.9 Å². The molecule has 0 radical (unpaired) electrons. The van der Waals surface area contributed by atoms with Crippen molar-refractivity contribution >= 4 is 21.6 Å². The number of nitriles is 1. The van der Waals surface area contributed by atoms with Crippen LogP contribution in [0.25, 0.3) is 0 Å². The Labute approximate surface area is 133 Å². The Bertz CT molecular complexity index is 631. The van der Waals surface area contributed by atoms with Crippen molar-refractivity contribution in [1.82, 2.24) is 0 Å². The monoisotopic (exact) mass is 344 g/mol. The molecule has 0 aliphatic heterocycles. The average molecular weight is 345 g/mol. The molecule has 0 saturated carbocycles. The van der Waals surface area contributed by atoms with E-state index in [1.165, 1.54) is 0 Å². The highest BCUT2D eigenvalue weighted by atomic mass is 79.9. The zero-order valence-corrected chi connectivity index (χ0v) is 13.6. The van der Waals surface area contributed by atoms with Gasteiger partial charge < -0.3 is 10.1 Å². The second kappa shape index (κ2) is 6.64. The number of nitrogens with one attached hydrogen (secondary N) is 1. The van der Waals surface area contributed by atoms with E-state index in [-0.39, 0.29) is 0 Å². The van der Waals surface area contributed by atoms with E-state index in [1.54, 1.807) is 7.11 Å². The fourth-order valence-electron chi connectivity index (χ4n) is 2.12. The largest absolute Gasteiger partial charge is 0.497 e. The lowest BCUT2D eigenvalue weighted by Gasteiger charge is -2.25. The highest BCUT2D eigenvalue weighted by molar-refractivity contribution is 9.10. The molecule has 2 aromatic carbocycles. The molecule has 1 atom stereocenters. The third-order valence-electron chi connectivity index (χ3n) is 3.23. The van der Waals surface area contributed by atoms with E-state index < -0.39 is 5.54 Å². The zero-order valence-electron chi connectivity index (χ0n) is 12.1. The van der Waals surface area contributed by atoms with Crippen LogP contribution in [-0.4, -0.2) is 12.6 Å². The first-order valence-corrected chi connectivity index (χ1v) is 7.42. The van der Waals surface area contributed by atoms with Crippen LogP contribution < -0.4 is 10.1 Å². The average Bonchev–Trinajstić information content (AvgIpc) is 2.50. The van der Waals surface area contributed by atoms with Crippen LogP contribution in [-0.2, 0) is 6.42 Å². The maximum absolute atomic E-state index is 9.52. The van der Waals surface area contributed by atoms with Gasteiger partial charge in [0.25, 0.3) is 0 Å². The summed E-state index contributed by atoms with van der Waals surface area (Å²) in [5.41, 5.74) is 1.35. The number of nitrogens with zero attached hydrogens (tertiary/aromatic N) is 1. The second-order valence-electron chi connectivity index (χ2n) is 5.10. The van der Waals surface area contributed by atoms with E-state index in [0.29, 0.717) is 6.42 Å². The molecular formula is C17H17BrN2O. The topological polar surface area (TPSA) is 45.0 Å².